The third-order valence-corrected chi connectivity index (χ3v) is 3.44. The zero-order valence-corrected chi connectivity index (χ0v) is 11.7. The summed E-state index contributed by atoms with van der Waals surface area (Å²) in [5, 5.41) is 0. The van der Waals surface area contributed by atoms with Crippen LogP contribution in [0.4, 0.5) is 0 Å². The Morgan fingerprint density at radius 2 is 1.72 bits per heavy atom. The lowest BCUT2D eigenvalue weighted by molar-refractivity contribution is -0.182. The minimum atomic E-state index is -0.341. The van der Waals surface area contributed by atoms with Crippen molar-refractivity contribution < 1.29 is 9.53 Å². The van der Waals surface area contributed by atoms with Gasteiger partial charge in [0, 0.05) is 12.6 Å². The molecule has 2 rings (SSSR count). The maximum atomic E-state index is 12.1. The Hall–Kier alpha value is -1.35. The molecule has 1 aromatic carbocycles. The molecule has 1 aromatic rings. The largest absolute Gasteiger partial charge is 0.369 e. The summed E-state index contributed by atoms with van der Waals surface area (Å²) in [7, 11) is 1.60. The number of ether oxygens (including phenoxy) is 1. The number of hydrogen-bond donors (Lipinski definition) is 0. The molecule has 0 radical (unpaired) electrons. The van der Waals surface area contributed by atoms with Crippen LogP contribution in [0.1, 0.15) is 37.9 Å². The van der Waals surface area contributed by atoms with Crippen molar-refractivity contribution in [2.75, 3.05) is 7.11 Å². The average Bonchev–Trinajstić information content (AvgIpc) is 2.26. The van der Waals surface area contributed by atoms with Crippen LogP contribution in [0.3, 0.4) is 0 Å². The molecule has 0 spiro atoms. The Morgan fingerprint density at radius 3 is 2.17 bits per heavy atom. The van der Waals surface area contributed by atoms with Crippen LogP contribution in [-0.2, 0) is 9.53 Å². The van der Waals surface area contributed by atoms with Gasteiger partial charge in [0.15, 0.2) is 6.10 Å². The number of aryl methyl sites for hydroxylation is 1. The molecule has 0 saturated carbocycles. The van der Waals surface area contributed by atoms with Crippen LogP contribution in [0.5, 0.6) is 0 Å². The molecule has 0 N–H and O–H groups in total. The summed E-state index contributed by atoms with van der Waals surface area (Å²) in [6.07, 6.45) is -0.341. The molecule has 0 aromatic heterocycles. The molecule has 3 nitrogen and oxygen atoms in total. The molecule has 1 saturated heterocycles. The van der Waals surface area contributed by atoms with Gasteiger partial charge in [0.2, 0.25) is 0 Å². The Balaban J connectivity index is 2.33. The molecule has 18 heavy (non-hydrogen) atoms. The van der Waals surface area contributed by atoms with Crippen molar-refractivity contribution in [1.82, 2.24) is 4.90 Å². The smallest absolute Gasteiger partial charge is 0.255 e. The first kappa shape index (κ1) is 13.1. The second-order valence-corrected chi connectivity index (χ2v) is 5.89. The molecule has 0 bridgehead atoms. The minimum absolute atomic E-state index is 0.0306. The molecule has 1 heterocycles. The number of amides is 1. The van der Waals surface area contributed by atoms with Crippen LogP contribution in [0.25, 0.3) is 0 Å². The van der Waals surface area contributed by atoms with Gasteiger partial charge in [-0.25, -0.2) is 0 Å². The number of carbonyl (C=O) groups is 1. The van der Waals surface area contributed by atoms with E-state index in [2.05, 4.69) is 52.0 Å². The topological polar surface area (TPSA) is 29.5 Å². The van der Waals surface area contributed by atoms with Gasteiger partial charge < -0.3 is 9.64 Å². The molecular weight excluding hydrogens is 226 g/mol. The molecule has 1 amide bonds. The molecule has 0 aliphatic carbocycles. The summed E-state index contributed by atoms with van der Waals surface area (Å²) < 4.78 is 5.33. The predicted octanol–water partition coefficient (Wildman–Crippen LogP) is 2.69. The van der Waals surface area contributed by atoms with Gasteiger partial charge >= 0.3 is 0 Å². The maximum absolute atomic E-state index is 12.1. The Labute approximate surface area is 109 Å². The first-order valence-corrected chi connectivity index (χ1v) is 6.29. The van der Waals surface area contributed by atoms with Crippen molar-refractivity contribution in [3.8, 4) is 0 Å². The second-order valence-electron chi connectivity index (χ2n) is 5.89. The van der Waals surface area contributed by atoms with Crippen LogP contribution in [0, 0.1) is 6.92 Å². The average molecular weight is 247 g/mol. The second kappa shape index (κ2) is 4.39. The molecule has 98 valence electrons. The van der Waals surface area contributed by atoms with E-state index in [-0.39, 0.29) is 23.6 Å². The van der Waals surface area contributed by atoms with Crippen LogP contribution < -0.4 is 0 Å². The normalized spacial score (nSPS) is 24.1. The van der Waals surface area contributed by atoms with Crippen molar-refractivity contribution in [3.63, 3.8) is 0 Å². The van der Waals surface area contributed by atoms with E-state index in [0.29, 0.717) is 0 Å². The van der Waals surface area contributed by atoms with Crippen LogP contribution in [-0.4, -0.2) is 29.6 Å². The number of hydrogen-bond acceptors (Lipinski definition) is 2. The van der Waals surface area contributed by atoms with Crippen molar-refractivity contribution in [3.05, 3.63) is 35.4 Å². The summed E-state index contributed by atoms with van der Waals surface area (Å²) in [4.78, 5) is 14.0. The highest BCUT2D eigenvalue weighted by molar-refractivity contribution is 5.89. The van der Waals surface area contributed by atoms with E-state index in [1.165, 1.54) is 5.56 Å². The molecule has 2 atom stereocenters. The zero-order valence-electron chi connectivity index (χ0n) is 11.7. The van der Waals surface area contributed by atoms with E-state index in [9.17, 15) is 4.79 Å². The van der Waals surface area contributed by atoms with Gasteiger partial charge in [-0.2, -0.15) is 0 Å². The van der Waals surface area contributed by atoms with Crippen molar-refractivity contribution in [1.29, 1.82) is 0 Å². The van der Waals surface area contributed by atoms with Gasteiger partial charge in [0.1, 0.15) is 0 Å². The van der Waals surface area contributed by atoms with E-state index in [1.807, 2.05) is 4.90 Å². The molecule has 1 aliphatic rings. The number of β-lactam (4-membered cyclic amide) rings is 1. The number of benzene rings is 1. The monoisotopic (exact) mass is 247 g/mol. The van der Waals surface area contributed by atoms with Crippen molar-refractivity contribution in [2.24, 2.45) is 0 Å². The Morgan fingerprint density at radius 1 is 1.17 bits per heavy atom. The fourth-order valence-corrected chi connectivity index (χ4v) is 2.53. The highest BCUT2D eigenvalue weighted by atomic mass is 16.5. The zero-order chi connectivity index (χ0) is 13.5. The van der Waals surface area contributed by atoms with E-state index in [1.54, 1.807) is 7.11 Å². The SMILES string of the molecule is CO[C@@H]1C(=O)N(C(C)(C)C)[C@@H]1c1ccc(C)cc1. The summed E-state index contributed by atoms with van der Waals surface area (Å²) >= 11 is 0. The van der Waals surface area contributed by atoms with Crippen molar-refractivity contribution in [2.45, 2.75) is 45.4 Å². The van der Waals surface area contributed by atoms with Gasteiger partial charge in [-0.05, 0) is 33.3 Å². The molecule has 1 fully saturated rings. The first-order valence-electron chi connectivity index (χ1n) is 6.29. The predicted molar refractivity (Wildman–Crippen MR) is 71.3 cm³/mol. The van der Waals surface area contributed by atoms with Gasteiger partial charge in [-0.3, -0.25) is 4.79 Å². The Bertz CT molecular complexity index is 445. The number of methoxy groups -OCH3 is 1. The highest BCUT2D eigenvalue weighted by Crippen LogP contribution is 2.41. The van der Waals surface area contributed by atoms with Gasteiger partial charge in [0.05, 0.1) is 6.04 Å². The quantitative estimate of drug-likeness (QED) is 0.752. The fourth-order valence-electron chi connectivity index (χ4n) is 2.53. The number of nitrogens with zero attached hydrogens (tertiary/aromatic N) is 1. The number of rotatable bonds is 2. The van der Waals surface area contributed by atoms with E-state index < -0.39 is 0 Å². The lowest BCUT2D eigenvalue weighted by atomic mass is 9.85. The van der Waals surface area contributed by atoms with Gasteiger partial charge in [-0.1, -0.05) is 29.8 Å². The summed E-state index contributed by atoms with van der Waals surface area (Å²) in [5.41, 5.74) is 2.18. The fraction of sp³-hybridized carbons (Fsp3) is 0.533. The first-order chi connectivity index (χ1) is 8.36. The molecular formula is C15H21NO2. The number of likely N-dealkylation sites (tertiary alicyclic amines) is 1. The lowest BCUT2D eigenvalue weighted by Crippen LogP contribution is -2.65. The summed E-state index contributed by atoms with van der Waals surface area (Å²) in [6.45, 7) is 8.22. The molecule has 3 heteroatoms. The summed E-state index contributed by atoms with van der Waals surface area (Å²) in [5.74, 6) is 0.0792. The maximum Gasteiger partial charge on any atom is 0.255 e. The van der Waals surface area contributed by atoms with Gasteiger partial charge in [-0.15, -0.1) is 0 Å². The van der Waals surface area contributed by atoms with E-state index in [4.69, 9.17) is 4.74 Å². The van der Waals surface area contributed by atoms with Crippen molar-refractivity contribution >= 4 is 5.91 Å². The molecule has 1 aliphatic heterocycles. The van der Waals surface area contributed by atoms with Crippen LogP contribution in [0.15, 0.2) is 24.3 Å². The van der Waals surface area contributed by atoms with E-state index in [0.717, 1.165) is 5.56 Å². The van der Waals surface area contributed by atoms with E-state index >= 15 is 0 Å². The minimum Gasteiger partial charge on any atom is -0.369 e. The third-order valence-electron chi connectivity index (χ3n) is 3.44. The molecule has 0 unspecified atom stereocenters. The highest BCUT2D eigenvalue weighted by Gasteiger charge is 2.52. The van der Waals surface area contributed by atoms with Gasteiger partial charge in [0.25, 0.3) is 5.91 Å². The van der Waals surface area contributed by atoms with Crippen LogP contribution >= 0.6 is 0 Å². The lowest BCUT2D eigenvalue weighted by Gasteiger charge is -2.53. The summed E-state index contributed by atoms with van der Waals surface area (Å²) in [6, 6.07) is 8.34. The van der Waals surface area contributed by atoms with Crippen LogP contribution in [0.2, 0.25) is 0 Å². The third kappa shape index (κ3) is 2.03. The standard InChI is InChI=1S/C15H21NO2/c1-10-6-8-11(9-7-10)12-13(18-5)14(17)16(12)15(2,3)4/h6-9,12-13H,1-5H3/t12-,13+/m1/s1. The number of carbonyl (C=O) groups excluding carboxylic acids is 1. The Kier molecular flexibility index (Phi) is 3.20.